The van der Waals surface area contributed by atoms with Crippen LogP contribution in [0.15, 0.2) is 22.7 Å². The molecule has 0 unspecified atom stereocenters. The van der Waals surface area contributed by atoms with Crippen molar-refractivity contribution in [3.05, 3.63) is 46.6 Å². The molecule has 7 heteroatoms. The van der Waals surface area contributed by atoms with Crippen LogP contribution < -0.4 is 4.90 Å². The molecule has 2 aromatic rings. The second-order valence-electron chi connectivity index (χ2n) is 6.25. The molecule has 1 aliphatic heterocycles. The minimum Gasteiger partial charge on any atom is -0.460 e. The second-order valence-corrected chi connectivity index (χ2v) is 6.25. The summed E-state index contributed by atoms with van der Waals surface area (Å²) in [4.78, 5) is 25.9. The molecule has 1 amide bonds. The molecule has 1 aromatic carbocycles. The van der Waals surface area contributed by atoms with Crippen molar-refractivity contribution in [3.8, 4) is 0 Å². The predicted molar refractivity (Wildman–Crippen MR) is 87.4 cm³/mol. The van der Waals surface area contributed by atoms with Crippen LogP contribution in [0.1, 0.15) is 29.0 Å². The number of hydrogen-bond acceptors (Lipinski definition) is 5. The van der Waals surface area contributed by atoms with E-state index < -0.39 is 11.9 Å². The van der Waals surface area contributed by atoms with Gasteiger partial charge < -0.3 is 14.2 Å². The van der Waals surface area contributed by atoms with Crippen LogP contribution in [-0.2, 0) is 20.9 Å². The molecular formula is C18H19FN2O4. The van der Waals surface area contributed by atoms with Gasteiger partial charge in [0.2, 0.25) is 5.91 Å². The van der Waals surface area contributed by atoms with Crippen LogP contribution in [0, 0.1) is 32.5 Å². The molecule has 1 saturated heterocycles. The minimum atomic E-state index is -0.572. The molecule has 0 bridgehead atoms. The van der Waals surface area contributed by atoms with E-state index in [9.17, 15) is 14.0 Å². The summed E-state index contributed by atoms with van der Waals surface area (Å²) in [5, 5.41) is 3.81. The van der Waals surface area contributed by atoms with Gasteiger partial charge in [-0.15, -0.1) is 0 Å². The van der Waals surface area contributed by atoms with Gasteiger partial charge in [0.15, 0.2) is 0 Å². The molecule has 132 valence electrons. The summed E-state index contributed by atoms with van der Waals surface area (Å²) < 4.78 is 24.1. The normalized spacial score (nSPS) is 17.2. The van der Waals surface area contributed by atoms with Gasteiger partial charge in [-0.2, -0.15) is 0 Å². The Kier molecular flexibility index (Phi) is 4.57. The zero-order chi connectivity index (χ0) is 18.1. The number of rotatable bonds is 4. The van der Waals surface area contributed by atoms with E-state index in [1.807, 2.05) is 0 Å². The van der Waals surface area contributed by atoms with E-state index in [0.29, 0.717) is 22.7 Å². The SMILES string of the molecule is Cc1ccc(N2C[C@@H](C(=O)OCc3c(C)noc3C)CC2=O)cc1F. The van der Waals surface area contributed by atoms with Gasteiger partial charge in [-0.3, -0.25) is 9.59 Å². The third-order valence-electron chi connectivity index (χ3n) is 4.47. The Morgan fingerprint density at radius 3 is 2.80 bits per heavy atom. The number of ether oxygens (including phenoxy) is 1. The average molecular weight is 346 g/mol. The smallest absolute Gasteiger partial charge is 0.311 e. The van der Waals surface area contributed by atoms with Gasteiger partial charge in [0, 0.05) is 18.7 Å². The number of aryl methyl sites for hydroxylation is 3. The molecule has 25 heavy (non-hydrogen) atoms. The van der Waals surface area contributed by atoms with Gasteiger partial charge in [0.1, 0.15) is 18.2 Å². The average Bonchev–Trinajstić information content (AvgIpc) is 3.11. The van der Waals surface area contributed by atoms with Gasteiger partial charge in [-0.25, -0.2) is 4.39 Å². The summed E-state index contributed by atoms with van der Waals surface area (Å²) in [6.45, 7) is 5.41. The van der Waals surface area contributed by atoms with Crippen LogP contribution >= 0.6 is 0 Å². The fourth-order valence-corrected chi connectivity index (χ4v) is 2.83. The van der Waals surface area contributed by atoms with Crippen molar-refractivity contribution in [1.82, 2.24) is 5.16 Å². The molecular weight excluding hydrogens is 327 g/mol. The van der Waals surface area contributed by atoms with Crippen LogP contribution in [0.3, 0.4) is 0 Å². The number of benzene rings is 1. The molecule has 1 fully saturated rings. The van der Waals surface area contributed by atoms with Crippen LogP contribution in [0.25, 0.3) is 0 Å². The van der Waals surface area contributed by atoms with E-state index in [1.54, 1.807) is 32.9 Å². The number of amides is 1. The van der Waals surface area contributed by atoms with E-state index in [0.717, 1.165) is 5.56 Å². The van der Waals surface area contributed by atoms with Gasteiger partial charge in [-0.1, -0.05) is 11.2 Å². The molecule has 3 rings (SSSR count). The molecule has 0 aliphatic carbocycles. The van der Waals surface area contributed by atoms with Crippen molar-refractivity contribution >= 4 is 17.6 Å². The van der Waals surface area contributed by atoms with Crippen molar-refractivity contribution in [2.45, 2.75) is 33.8 Å². The van der Waals surface area contributed by atoms with Crippen molar-refractivity contribution in [1.29, 1.82) is 0 Å². The third-order valence-corrected chi connectivity index (χ3v) is 4.47. The first-order valence-electron chi connectivity index (χ1n) is 8.01. The summed E-state index contributed by atoms with van der Waals surface area (Å²) in [6, 6.07) is 4.60. The number of hydrogen-bond donors (Lipinski definition) is 0. The lowest BCUT2D eigenvalue weighted by atomic mass is 10.1. The Balaban J connectivity index is 1.65. The Labute approximate surface area is 144 Å². The van der Waals surface area contributed by atoms with E-state index >= 15 is 0 Å². The molecule has 0 radical (unpaired) electrons. The maximum absolute atomic E-state index is 13.7. The molecule has 0 spiro atoms. The summed E-state index contributed by atoms with van der Waals surface area (Å²) in [6.07, 6.45) is 0.0515. The Morgan fingerprint density at radius 1 is 1.40 bits per heavy atom. The summed E-state index contributed by atoms with van der Waals surface area (Å²) in [5.74, 6) is -1.03. The monoisotopic (exact) mass is 346 g/mol. The van der Waals surface area contributed by atoms with E-state index in [2.05, 4.69) is 5.16 Å². The van der Waals surface area contributed by atoms with Crippen LogP contribution in [0.2, 0.25) is 0 Å². The van der Waals surface area contributed by atoms with Gasteiger partial charge in [-0.05, 0) is 38.5 Å². The zero-order valence-electron chi connectivity index (χ0n) is 14.3. The molecule has 0 saturated carbocycles. The molecule has 0 N–H and O–H groups in total. The highest BCUT2D eigenvalue weighted by molar-refractivity contribution is 5.99. The molecule has 1 aliphatic rings. The highest BCUT2D eigenvalue weighted by atomic mass is 19.1. The lowest BCUT2D eigenvalue weighted by Crippen LogP contribution is -2.26. The Bertz CT molecular complexity index is 811. The van der Waals surface area contributed by atoms with E-state index in [-0.39, 0.29) is 31.3 Å². The number of aromatic nitrogens is 1. The standard InChI is InChI=1S/C18H19FN2O4/c1-10-4-5-14(7-16(10)19)21-8-13(6-17(21)22)18(23)24-9-15-11(2)20-25-12(15)3/h4-5,7,13H,6,8-9H2,1-3H3/t13-/m0/s1. The van der Waals surface area contributed by atoms with E-state index in [4.69, 9.17) is 9.26 Å². The Hall–Kier alpha value is -2.70. The van der Waals surface area contributed by atoms with Crippen LogP contribution in [0.4, 0.5) is 10.1 Å². The fourth-order valence-electron chi connectivity index (χ4n) is 2.83. The minimum absolute atomic E-state index is 0.0515. The maximum Gasteiger partial charge on any atom is 0.311 e. The molecule has 1 atom stereocenters. The largest absolute Gasteiger partial charge is 0.460 e. The molecule has 2 heterocycles. The summed E-state index contributed by atoms with van der Waals surface area (Å²) in [5.41, 5.74) is 2.36. The topological polar surface area (TPSA) is 72.6 Å². The van der Waals surface area contributed by atoms with Crippen LogP contribution in [0.5, 0.6) is 0 Å². The van der Waals surface area contributed by atoms with Crippen molar-refractivity contribution in [3.63, 3.8) is 0 Å². The molecule has 6 nitrogen and oxygen atoms in total. The number of anilines is 1. The van der Waals surface area contributed by atoms with Gasteiger partial charge in [0.25, 0.3) is 0 Å². The van der Waals surface area contributed by atoms with Gasteiger partial charge in [0.05, 0.1) is 17.2 Å². The number of carbonyl (C=O) groups excluding carboxylic acids is 2. The highest BCUT2D eigenvalue weighted by Crippen LogP contribution is 2.27. The number of halogens is 1. The van der Waals surface area contributed by atoms with Crippen LogP contribution in [-0.4, -0.2) is 23.6 Å². The first-order valence-corrected chi connectivity index (χ1v) is 8.01. The van der Waals surface area contributed by atoms with Crippen molar-refractivity contribution < 1.29 is 23.2 Å². The number of carbonyl (C=O) groups is 2. The van der Waals surface area contributed by atoms with E-state index in [1.165, 1.54) is 11.0 Å². The second kappa shape index (κ2) is 6.66. The first kappa shape index (κ1) is 17.1. The Morgan fingerprint density at radius 2 is 2.16 bits per heavy atom. The van der Waals surface area contributed by atoms with Gasteiger partial charge >= 0.3 is 5.97 Å². The lowest BCUT2D eigenvalue weighted by Gasteiger charge is -2.17. The molecule has 1 aromatic heterocycles. The fraction of sp³-hybridized carbons (Fsp3) is 0.389. The summed E-state index contributed by atoms with van der Waals surface area (Å²) in [7, 11) is 0. The number of nitrogens with zero attached hydrogens (tertiary/aromatic N) is 2. The van der Waals surface area contributed by atoms with Crippen molar-refractivity contribution in [2.75, 3.05) is 11.4 Å². The lowest BCUT2D eigenvalue weighted by molar-refractivity contribution is -0.149. The first-order chi connectivity index (χ1) is 11.9. The van der Waals surface area contributed by atoms with Crippen molar-refractivity contribution in [2.24, 2.45) is 5.92 Å². The zero-order valence-corrected chi connectivity index (χ0v) is 14.3. The summed E-state index contributed by atoms with van der Waals surface area (Å²) >= 11 is 0. The predicted octanol–water partition coefficient (Wildman–Crippen LogP) is 2.84. The quantitative estimate of drug-likeness (QED) is 0.796. The highest BCUT2D eigenvalue weighted by Gasteiger charge is 2.36. The third kappa shape index (κ3) is 3.40. The number of esters is 1. The maximum atomic E-state index is 13.7.